The quantitative estimate of drug-likeness (QED) is 0.586. The van der Waals surface area contributed by atoms with Crippen LogP contribution >= 0.6 is 13.6 Å². The summed E-state index contributed by atoms with van der Waals surface area (Å²) in [5.41, 5.74) is 0.835. The third-order valence-electron chi connectivity index (χ3n) is 2.09. The van der Waals surface area contributed by atoms with Crippen LogP contribution in [-0.2, 0) is 22.9 Å². The van der Waals surface area contributed by atoms with Crippen LogP contribution < -0.4 is 4.74 Å². The van der Waals surface area contributed by atoms with Gasteiger partial charge in [0, 0.05) is 0 Å². The van der Waals surface area contributed by atoms with Gasteiger partial charge in [-0.15, -0.1) is 5.56 Å². The van der Waals surface area contributed by atoms with Crippen LogP contribution in [0, 0.1) is 17.7 Å². The van der Waals surface area contributed by atoms with E-state index in [9.17, 15) is 8.78 Å². The Morgan fingerprint density at radius 1 is 1.06 bits per heavy atom. The first-order chi connectivity index (χ1) is 8.77. The van der Waals surface area contributed by atoms with Crippen molar-refractivity contribution in [1.82, 2.24) is 0 Å². The maximum atomic E-state index is 13.2. The van der Waals surface area contributed by atoms with Crippen LogP contribution in [0.1, 0.15) is 5.56 Å². The van der Waals surface area contributed by atoms with Gasteiger partial charge < -0.3 is 4.74 Å². The first-order valence-electron chi connectivity index (χ1n) is 5.06. The van der Waals surface area contributed by atoms with Crippen LogP contribution in [0.3, 0.4) is 0 Å². The Kier molecular flexibility index (Phi) is 7.06. The molecule has 0 aromatic heterocycles. The molecule has 0 unspecified atom stereocenters. The summed E-state index contributed by atoms with van der Waals surface area (Å²) in [6, 6.07) is 13.5. The van der Waals surface area contributed by atoms with Gasteiger partial charge in [0.2, 0.25) is 0 Å². The summed E-state index contributed by atoms with van der Waals surface area (Å²) >= 11 is 4.25. The summed E-state index contributed by atoms with van der Waals surface area (Å²) in [4.78, 5) is 0. The van der Waals surface area contributed by atoms with E-state index in [-0.39, 0.29) is 12.4 Å². The normalized spacial score (nSPS) is 9.39. The number of para-hydroxylation sites is 1. The average Bonchev–Trinajstić information content (AvgIpc) is 2.42. The minimum atomic E-state index is -0.692. The number of hydrogen-bond donors (Lipinski definition) is 0. The van der Waals surface area contributed by atoms with Crippen molar-refractivity contribution in [2.24, 2.45) is 0 Å². The molecular weight excluding hydrogens is 355 g/mol. The molecule has 0 bridgehead atoms. The first kappa shape index (κ1) is 15.3. The molecule has 2 aromatic carbocycles. The summed E-state index contributed by atoms with van der Waals surface area (Å²) in [6.45, 7) is 0.131. The number of halogens is 3. The number of ether oxygens (including phenoxy) is 1. The first-order valence-corrected chi connectivity index (χ1v) is 12.0. The molecule has 0 N–H and O–H groups in total. The van der Waals surface area contributed by atoms with Crippen molar-refractivity contribution in [3.63, 3.8) is 0 Å². The Morgan fingerprint density at radius 2 is 1.61 bits per heavy atom. The van der Waals surface area contributed by atoms with E-state index in [0.717, 1.165) is 17.7 Å². The Labute approximate surface area is 121 Å². The predicted molar refractivity (Wildman–Crippen MR) is 64.9 cm³/mol. The van der Waals surface area contributed by atoms with Gasteiger partial charge in [0.25, 0.3) is 0 Å². The zero-order valence-corrected chi connectivity index (χ0v) is 14.1. The monoisotopic (exact) mass is 362 g/mol. The van der Waals surface area contributed by atoms with Gasteiger partial charge in [-0.25, -0.2) is 8.78 Å². The molecule has 0 aliphatic rings. The molecule has 0 heterocycles. The fourth-order valence-corrected chi connectivity index (χ4v) is 1.29. The summed E-state index contributed by atoms with van der Waals surface area (Å²) < 4.78 is 31.5. The number of benzene rings is 2. The van der Waals surface area contributed by atoms with Gasteiger partial charge in [-0.05, 0) is 12.1 Å². The van der Waals surface area contributed by atoms with Gasteiger partial charge >= 0.3 is 30.0 Å². The molecule has 1 nitrogen and oxygen atoms in total. The van der Waals surface area contributed by atoms with Gasteiger partial charge in [-0.3, -0.25) is 0 Å². The number of hydrogen-bond acceptors (Lipinski definition) is 1. The van der Waals surface area contributed by atoms with Crippen molar-refractivity contribution in [3.05, 3.63) is 65.7 Å². The second-order valence-corrected chi connectivity index (χ2v) is 3.25. The van der Waals surface area contributed by atoms with Gasteiger partial charge in [0.1, 0.15) is 0 Å². The maximum absolute atomic E-state index is 13.2. The molecule has 2 rings (SSSR count). The van der Waals surface area contributed by atoms with Gasteiger partial charge in [-0.2, -0.15) is 30.3 Å². The average molecular weight is 365 g/mol. The molecular formula is C13H9BrF2OZn. The van der Waals surface area contributed by atoms with Gasteiger partial charge in [0.05, 0.1) is 6.61 Å². The molecule has 90 valence electrons. The van der Waals surface area contributed by atoms with Crippen LogP contribution in [0.15, 0.2) is 42.5 Å². The van der Waals surface area contributed by atoms with E-state index >= 15 is 0 Å². The second-order valence-electron chi connectivity index (χ2n) is 3.25. The molecule has 2 aromatic rings. The molecule has 0 fully saturated rings. The minimum absolute atomic E-state index is 0.131. The second kappa shape index (κ2) is 8.33. The third-order valence-corrected chi connectivity index (χ3v) is 2.09. The van der Waals surface area contributed by atoms with Crippen LogP contribution in [0.25, 0.3) is 0 Å². The van der Waals surface area contributed by atoms with Crippen LogP contribution in [0.2, 0.25) is 0 Å². The predicted octanol–water partition coefficient (Wildman–Crippen LogP) is 4.19. The van der Waals surface area contributed by atoms with Crippen molar-refractivity contribution in [2.75, 3.05) is 0 Å². The Hall–Kier alpha value is -0.797. The molecule has 0 saturated heterocycles. The Bertz CT molecular complexity index is 459. The van der Waals surface area contributed by atoms with E-state index in [0.29, 0.717) is 0 Å². The van der Waals surface area contributed by atoms with Crippen molar-refractivity contribution in [1.29, 1.82) is 0 Å². The molecule has 0 amide bonds. The molecule has 0 aliphatic heterocycles. The van der Waals surface area contributed by atoms with E-state index in [1.165, 1.54) is 22.4 Å². The van der Waals surface area contributed by atoms with Crippen molar-refractivity contribution < 1.29 is 29.9 Å². The van der Waals surface area contributed by atoms with Crippen LogP contribution in [0.5, 0.6) is 5.75 Å². The third kappa shape index (κ3) is 4.47. The van der Waals surface area contributed by atoms with Crippen LogP contribution in [-0.4, -0.2) is 0 Å². The van der Waals surface area contributed by atoms with E-state index in [2.05, 4.69) is 19.7 Å². The molecule has 0 aliphatic carbocycles. The molecule has 0 spiro atoms. The molecule has 18 heavy (non-hydrogen) atoms. The van der Waals surface area contributed by atoms with Crippen molar-refractivity contribution in [3.8, 4) is 5.75 Å². The van der Waals surface area contributed by atoms with E-state index in [4.69, 9.17) is 4.74 Å². The van der Waals surface area contributed by atoms with E-state index < -0.39 is 11.6 Å². The van der Waals surface area contributed by atoms with Crippen molar-refractivity contribution in [2.45, 2.75) is 6.61 Å². The summed E-state index contributed by atoms with van der Waals surface area (Å²) in [5, 5.41) is 0. The molecule has 0 radical (unpaired) electrons. The molecule has 0 saturated carbocycles. The van der Waals surface area contributed by atoms with E-state index in [1.54, 1.807) is 24.3 Å². The molecule has 0 atom stereocenters. The van der Waals surface area contributed by atoms with E-state index in [1.807, 2.05) is 0 Å². The fourth-order valence-electron chi connectivity index (χ4n) is 1.29. The van der Waals surface area contributed by atoms with Crippen molar-refractivity contribution >= 4 is 13.6 Å². The Balaban J connectivity index is 0.000000771. The topological polar surface area (TPSA) is 9.23 Å². The zero-order chi connectivity index (χ0) is 13.4. The standard InChI is InChI=1S/C13H9F2O.BrH.Zn/c14-11-7-4-8-12(15)13(11)16-9-10-5-2-1-3-6-10;;/h2-8H,9H2;1H;/q-1;;+2/p-1. The fraction of sp³-hybridized carbons (Fsp3) is 0.0769. The number of rotatable bonds is 3. The van der Waals surface area contributed by atoms with Gasteiger partial charge in [0.15, 0.2) is 17.4 Å². The van der Waals surface area contributed by atoms with Gasteiger partial charge in [-0.1, -0.05) is 6.07 Å². The summed E-state index contributed by atoms with van der Waals surface area (Å²) in [6.07, 6.45) is 0. The van der Waals surface area contributed by atoms with Crippen LogP contribution in [0.4, 0.5) is 8.78 Å². The zero-order valence-electron chi connectivity index (χ0n) is 9.50. The Morgan fingerprint density at radius 3 is 2.17 bits per heavy atom. The SMILES string of the molecule is Fc1cccc(F)c1OCc1cc[c-]cc1.[Zn+][Br]. The molecule has 5 heteroatoms. The summed E-state index contributed by atoms with van der Waals surface area (Å²) in [7, 11) is 0. The summed E-state index contributed by atoms with van der Waals surface area (Å²) in [5.74, 6) is -1.72.